The minimum atomic E-state index is -0.493. The molecule has 0 aliphatic rings. The van der Waals surface area contributed by atoms with Gasteiger partial charge in [0.15, 0.2) is 0 Å². The van der Waals surface area contributed by atoms with Crippen LogP contribution < -0.4 is 10.5 Å². The molecular formula is C11H17BrNO2+. The van der Waals surface area contributed by atoms with Gasteiger partial charge in [0.25, 0.3) is 0 Å². The number of halogens is 1. The molecule has 0 aliphatic heterocycles. The molecule has 3 nitrogen and oxygen atoms in total. The summed E-state index contributed by atoms with van der Waals surface area (Å²) >= 11 is 3.43. The normalized spacial score (nSPS) is 12.6. The van der Waals surface area contributed by atoms with Crippen LogP contribution in [0, 0.1) is 13.8 Å². The highest BCUT2D eigenvalue weighted by atomic mass is 79.9. The van der Waals surface area contributed by atoms with E-state index in [1.807, 2.05) is 26.0 Å². The Bertz CT molecular complexity index is 318. The molecule has 84 valence electrons. The lowest BCUT2D eigenvalue weighted by molar-refractivity contribution is -0.384. The molecule has 0 bridgehead atoms. The fraction of sp³-hybridized carbons (Fsp3) is 0.455. The number of aliphatic hydroxyl groups is 1. The maximum Gasteiger partial charge on any atom is 0.136 e. The summed E-state index contributed by atoms with van der Waals surface area (Å²) in [6, 6.07) is 4.00. The Hall–Kier alpha value is -0.580. The molecule has 0 aliphatic carbocycles. The van der Waals surface area contributed by atoms with Gasteiger partial charge in [-0.05, 0) is 37.1 Å². The lowest BCUT2D eigenvalue weighted by Crippen LogP contribution is -2.56. The number of hydrogen-bond donors (Lipinski definition) is 2. The first-order valence-corrected chi connectivity index (χ1v) is 5.70. The summed E-state index contributed by atoms with van der Waals surface area (Å²) in [5.41, 5.74) is 5.75. The molecule has 4 heteroatoms. The van der Waals surface area contributed by atoms with Crippen LogP contribution in [0.3, 0.4) is 0 Å². The van der Waals surface area contributed by atoms with E-state index >= 15 is 0 Å². The van der Waals surface area contributed by atoms with Crippen LogP contribution in [-0.2, 0) is 0 Å². The third kappa shape index (κ3) is 3.48. The minimum absolute atomic E-state index is 0.298. The van der Waals surface area contributed by atoms with Crippen LogP contribution in [0.5, 0.6) is 5.75 Å². The summed E-state index contributed by atoms with van der Waals surface area (Å²) < 4.78 is 6.61. The van der Waals surface area contributed by atoms with Gasteiger partial charge in [-0.15, -0.1) is 0 Å². The van der Waals surface area contributed by atoms with E-state index in [-0.39, 0.29) is 0 Å². The Balaban J connectivity index is 2.77. The van der Waals surface area contributed by atoms with E-state index in [4.69, 9.17) is 4.74 Å². The van der Waals surface area contributed by atoms with Crippen LogP contribution in [0.15, 0.2) is 16.6 Å². The van der Waals surface area contributed by atoms with Crippen LogP contribution in [0.1, 0.15) is 11.1 Å². The topological polar surface area (TPSA) is 57.1 Å². The molecule has 1 rings (SSSR count). The molecule has 0 saturated heterocycles. The van der Waals surface area contributed by atoms with Gasteiger partial charge in [0.1, 0.15) is 25.0 Å². The summed E-state index contributed by atoms with van der Waals surface area (Å²) in [4.78, 5) is 0. The van der Waals surface area contributed by atoms with Crippen LogP contribution in [0.25, 0.3) is 0 Å². The molecule has 0 amide bonds. The molecule has 1 atom stereocenters. The van der Waals surface area contributed by atoms with Crippen molar-refractivity contribution in [1.82, 2.24) is 0 Å². The van der Waals surface area contributed by atoms with E-state index < -0.39 is 6.10 Å². The van der Waals surface area contributed by atoms with E-state index in [2.05, 4.69) is 21.7 Å². The van der Waals surface area contributed by atoms with Gasteiger partial charge in [-0.3, -0.25) is 0 Å². The van der Waals surface area contributed by atoms with E-state index in [0.29, 0.717) is 13.2 Å². The van der Waals surface area contributed by atoms with Crippen molar-refractivity contribution in [1.29, 1.82) is 0 Å². The number of quaternary nitrogens is 1. The van der Waals surface area contributed by atoms with E-state index in [9.17, 15) is 5.11 Å². The maximum absolute atomic E-state index is 9.36. The van der Waals surface area contributed by atoms with Gasteiger partial charge in [-0.25, -0.2) is 0 Å². The summed E-state index contributed by atoms with van der Waals surface area (Å²) in [6.07, 6.45) is -0.493. The second-order valence-electron chi connectivity index (χ2n) is 3.62. The third-order valence-electron chi connectivity index (χ3n) is 2.18. The van der Waals surface area contributed by atoms with Crippen molar-refractivity contribution in [3.05, 3.63) is 27.7 Å². The first-order valence-electron chi connectivity index (χ1n) is 4.91. The van der Waals surface area contributed by atoms with E-state index in [1.165, 1.54) is 0 Å². The van der Waals surface area contributed by atoms with E-state index in [0.717, 1.165) is 21.3 Å². The van der Waals surface area contributed by atoms with Crippen molar-refractivity contribution < 1.29 is 15.6 Å². The standard InChI is InChI=1S/C11H16BrNO2/c1-7-3-9(12)4-8(2)11(7)15-6-10(14)5-13/h3-4,10,14H,5-6,13H2,1-2H3/p+1/t10-/m0/s1. The van der Waals surface area contributed by atoms with Crippen molar-refractivity contribution in [3.63, 3.8) is 0 Å². The van der Waals surface area contributed by atoms with Crippen molar-refractivity contribution in [2.24, 2.45) is 0 Å². The minimum Gasteiger partial charge on any atom is -0.490 e. The van der Waals surface area contributed by atoms with Crippen LogP contribution >= 0.6 is 15.9 Å². The van der Waals surface area contributed by atoms with Gasteiger partial charge in [-0.2, -0.15) is 0 Å². The lowest BCUT2D eigenvalue weighted by Gasteiger charge is -2.14. The molecule has 4 N–H and O–H groups in total. The molecule has 0 aromatic heterocycles. The molecule has 0 radical (unpaired) electrons. The van der Waals surface area contributed by atoms with Gasteiger partial charge in [0.05, 0.1) is 0 Å². The predicted molar refractivity (Wildman–Crippen MR) is 62.9 cm³/mol. The molecule has 1 aromatic carbocycles. The number of benzene rings is 1. The molecular weight excluding hydrogens is 258 g/mol. The second-order valence-corrected chi connectivity index (χ2v) is 4.54. The average Bonchev–Trinajstić information content (AvgIpc) is 2.15. The zero-order valence-electron chi connectivity index (χ0n) is 9.09. The quantitative estimate of drug-likeness (QED) is 0.863. The number of aryl methyl sites for hydroxylation is 2. The first-order chi connectivity index (χ1) is 7.04. The number of rotatable bonds is 4. The largest absolute Gasteiger partial charge is 0.490 e. The fourth-order valence-electron chi connectivity index (χ4n) is 1.39. The van der Waals surface area contributed by atoms with Gasteiger partial charge in [-0.1, -0.05) is 15.9 Å². The highest BCUT2D eigenvalue weighted by Gasteiger charge is 2.09. The smallest absolute Gasteiger partial charge is 0.136 e. The second kappa shape index (κ2) is 5.49. The number of ether oxygens (including phenoxy) is 1. The van der Waals surface area contributed by atoms with Gasteiger partial charge < -0.3 is 15.6 Å². The number of aliphatic hydroxyl groups excluding tert-OH is 1. The molecule has 0 unspecified atom stereocenters. The van der Waals surface area contributed by atoms with Crippen LogP contribution in [0.4, 0.5) is 0 Å². The maximum atomic E-state index is 9.36. The Kier molecular flexibility index (Phi) is 4.57. The predicted octanol–water partition coefficient (Wildman–Crippen LogP) is 1.05. The Labute approximate surface area is 98.4 Å². The molecule has 0 saturated carbocycles. The van der Waals surface area contributed by atoms with Gasteiger partial charge in [0.2, 0.25) is 0 Å². The summed E-state index contributed by atoms with van der Waals surface area (Å²) in [6.45, 7) is 4.74. The van der Waals surface area contributed by atoms with Gasteiger partial charge in [0, 0.05) is 4.47 Å². The Morgan fingerprint density at radius 2 is 1.93 bits per heavy atom. The van der Waals surface area contributed by atoms with Crippen LogP contribution in [-0.4, -0.2) is 24.4 Å². The van der Waals surface area contributed by atoms with Crippen molar-refractivity contribution >= 4 is 15.9 Å². The zero-order valence-corrected chi connectivity index (χ0v) is 10.7. The molecule has 1 aromatic rings. The summed E-state index contributed by atoms with van der Waals surface area (Å²) in [7, 11) is 0. The Morgan fingerprint density at radius 1 is 1.40 bits per heavy atom. The summed E-state index contributed by atoms with van der Waals surface area (Å²) in [5.74, 6) is 0.853. The molecule has 0 fully saturated rings. The molecule has 0 spiro atoms. The monoisotopic (exact) mass is 274 g/mol. The highest BCUT2D eigenvalue weighted by molar-refractivity contribution is 9.10. The SMILES string of the molecule is Cc1cc(Br)cc(C)c1OC[C@@H](O)C[NH3+]. The first kappa shape index (κ1) is 12.5. The van der Waals surface area contributed by atoms with Gasteiger partial charge >= 0.3 is 0 Å². The van der Waals surface area contributed by atoms with Crippen molar-refractivity contribution in [3.8, 4) is 5.75 Å². The lowest BCUT2D eigenvalue weighted by atomic mass is 10.1. The van der Waals surface area contributed by atoms with Crippen molar-refractivity contribution in [2.45, 2.75) is 20.0 Å². The van der Waals surface area contributed by atoms with Crippen LogP contribution in [0.2, 0.25) is 0 Å². The highest BCUT2D eigenvalue weighted by Crippen LogP contribution is 2.27. The fourth-order valence-corrected chi connectivity index (χ4v) is 2.07. The number of hydrogen-bond acceptors (Lipinski definition) is 2. The summed E-state index contributed by atoms with van der Waals surface area (Å²) in [5, 5.41) is 9.36. The zero-order chi connectivity index (χ0) is 11.4. The van der Waals surface area contributed by atoms with Crippen molar-refractivity contribution in [2.75, 3.05) is 13.2 Å². The molecule has 15 heavy (non-hydrogen) atoms. The molecule has 0 heterocycles. The van der Waals surface area contributed by atoms with E-state index in [1.54, 1.807) is 0 Å². The third-order valence-corrected chi connectivity index (χ3v) is 2.64. The Morgan fingerprint density at radius 3 is 2.40 bits per heavy atom. The average molecular weight is 275 g/mol.